The number of fused-ring (bicyclic) bond motifs is 1. The molecular weight excluding hydrogens is 392 g/mol. The van der Waals surface area contributed by atoms with E-state index in [0.717, 1.165) is 11.3 Å². The number of hydrogen-bond acceptors (Lipinski definition) is 7. The summed E-state index contributed by atoms with van der Waals surface area (Å²) in [6.45, 7) is 4.02. The predicted molar refractivity (Wildman–Crippen MR) is 108 cm³/mol. The van der Waals surface area contributed by atoms with Crippen molar-refractivity contribution in [1.82, 2.24) is 19.7 Å². The van der Waals surface area contributed by atoms with E-state index in [1.807, 2.05) is 31.2 Å². The average molecular weight is 410 g/mol. The summed E-state index contributed by atoms with van der Waals surface area (Å²) >= 11 is 1.30. The minimum atomic E-state index is -0.501. The monoisotopic (exact) mass is 410 g/mol. The molecule has 148 valence electrons. The third-order valence-corrected chi connectivity index (χ3v) is 5.08. The average Bonchev–Trinajstić information content (AvgIpc) is 3.35. The standard InChI is InChI=1S/C20H18N4O4S/c1-3-27-19(26)16-9-8-14(28-16)11-29-20-22-17-15(18(25)23-20)10-21-24(17)13-6-4-12(2)5-7-13/h4-10H,3,11H2,1-2H3,(H,22,23,25). The summed E-state index contributed by atoms with van der Waals surface area (Å²) in [5.74, 6) is 0.621. The van der Waals surface area contributed by atoms with Gasteiger partial charge >= 0.3 is 5.97 Å². The number of aromatic amines is 1. The van der Waals surface area contributed by atoms with Crippen LogP contribution in [0.4, 0.5) is 0 Å². The minimum absolute atomic E-state index is 0.150. The highest BCUT2D eigenvalue weighted by atomic mass is 32.2. The Bertz CT molecular complexity index is 1220. The molecule has 29 heavy (non-hydrogen) atoms. The Morgan fingerprint density at radius 2 is 2.03 bits per heavy atom. The Hall–Kier alpha value is -3.33. The number of rotatable bonds is 6. The van der Waals surface area contributed by atoms with E-state index in [1.165, 1.54) is 18.0 Å². The first-order valence-corrected chi connectivity index (χ1v) is 9.97. The Morgan fingerprint density at radius 3 is 2.79 bits per heavy atom. The number of thioether (sulfide) groups is 1. The topological polar surface area (TPSA) is 103 Å². The van der Waals surface area contributed by atoms with Crippen molar-refractivity contribution in [3.05, 3.63) is 70.0 Å². The van der Waals surface area contributed by atoms with Crippen LogP contribution < -0.4 is 5.56 Å². The molecule has 0 amide bonds. The van der Waals surface area contributed by atoms with Crippen LogP contribution in [0.5, 0.6) is 0 Å². The number of furan rings is 1. The third kappa shape index (κ3) is 3.95. The number of carbonyl (C=O) groups is 1. The quantitative estimate of drug-likeness (QED) is 0.295. The van der Waals surface area contributed by atoms with E-state index < -0.39 is 5.97 Å². The van der Waals surface area contributed by atoms with E-state index in [2.05, 4.69) is 15.1 Å². The summed E-state index contributed by atoms with van der Waals surface area (Å²) in [7, 11) is 0. The Labute approximate surface area is 169 Å². The number of H-pyrrole nitrogens is 1. The Balaban J connectivity index is 1.58. The molecule has 9 heteroatoms. The molecule has 0 fully saturated rings. The van der Waals surface area contributed by atoms with Crippen LogP contribution in [-0.2, 0) is 10.5 Å². The van der Waals surface area contributed by atoms with Crippen molar-refractivity contribution in [2.75, 3.05) is 6.61 Å². The van der Waals surface area contributed by atoms with Crippen molar-refractivity contribution >= 4 is 28.8 Å². The summed E-state index contributed by atoms with van der Waals surface area (Å²) in [5.41, 5.74) is 2.17. The fourth-order valence-electron chi connectivity index (χ4n) is 2.75. The number of carbonyl (C=O) groups excluding carboxylic acids is 1. The van der Waals surface area contributed by atoms with Gasteiger partial charge in [-0.15, -0.1) is 0 Å². The fraction of sp³-hybridized carbons (Fsp3) is 0.200. The van der Waals surface area contributed by atoms with Crippen LogP contribution in [0.25, 0.3) is 16.7 Å². The second-order valence-electron chi connectivity index (χ2n) is 6.28. The van der Waals surface area contributed by atoms with Crippen LogP contribution in [-0.4, -0.2) is 32.3 Å². The molecule has 0 aliphatic heterocycles. The maximum atomic E-state index is 12.4. The zero-order valence-corrected chi connectivity index (χ0v) is 16.7. The van der Waals surface area contributed by atoms with E-state index in [9.17, 15) is 9.59 Å². The summed E-state index contributed by atoms with van der Waals surface area (Å²) in [6, 6.07) is 11.1. The molecule has 0 aliphatic rings. The molecule has 3 heterocycles. The molecule has 0 saturated heterocycles. The van der Waals surface area contributed by atoms with Gasteiger partial charge in [0.2, 0.25) is 5.76 Å². The summed E-state index contributed by atoms with van der Waals surface area (Å²) in [6.07, 6.45) is 1.51. The lowest BCUT2D eigenvalue weighted by molar-refractivity contribution is 0.0488. The lowest BCUT2D eigenvalue weighted by atomic mass is 10.2. The lowest BCUT2D eigenvalue weighted by Crippen LogP contribution is -2.09. The van der Waals surface area contributed by atoms with Gasteiger partial charge in [0.05, 0.1) is 24.2 Å². The minimum Gasteiger partial charge on any atom is -0.460 e. The van der Waals surface area contributed by atoms with Crippen LogP contribution in [0.3, 0.4) is 0 Å². The Kier molecular flexibility index (Phi) is 5.22. The molecule has 4 rings (SSSR count). The molecule has 3 aromatic heterocycles. The highest BCUT2D eigenvalue weighted by Gasteiger charge is 2.14. The summed E-state index contributed by atoms with van der Waals surface area (Å²) < 4.78 is 12.0. The van der Waals surface area contributed by atoms with Gasteiger partial charge in [0.1, 0.15) is 11.1 Å². The van der Waals surface area contributed by atoms with Gasteiger partial charge < -0.3 is 14.1 Å². The number of esters is 1. The van der Waals surface area contributed by atoms with Gasteiger partial charge in [0.25, 0.3) is 5.56 Å². The smallest absolute Gasteiger partial charge is 0.374 e. The second kappa shape index (κ2) is 7.96. The molecule has 4 aromatic rings. The number of benzene rings is 1. The number of nitrogens with one attached hydrogen (secondary N) is 1. The van der Waals surface area contributed by atoms with E-state index in [4.69, 9.17) is 9.15 Å². The van der Waals surface area contributed by atoms with Gasteiger partial charge in [-0.05, 0) is 38.1 Å². The predicted octanol–water partition coefficient (Wildman–Crippen LogP) is 3.48. The van der Waals surface area contributed by atoms with E-state index in [0.29, 0.717) is 27.7 Å². The number of hydrogen-bond donors (Lipinski definition) is 1. The van der Waals surface area contributed by atoms with Crippen molar-refractivity contribution < 1.29 is 13.9 Å². The molecule has 0 atom stereocenters. The van der Waals surface area contributed by atoms with Crippen molar-refractivity contribution in [1.29, 1.82) is 0 Å². The molecular formula is C20H18N4O4S. The van der Waals surface area contributed by atoms with Crippen LogP contribution in [0.2, 0.25) is 0 Å². The summed E-state index contributed by atoms with van der Waals surface area (Å²) in [4.78, 5) is 31.4. The molecule has 0 spiro atoms. The molecule has 0 unspecified atom stereocenters. The van der Waals surface area contributed by atoms with Crippen molar-refractivity contribution in [2.24, 2.45) is 0 Å². The molecule has 0 aliphatic carbocycles. The lowest BCUT2D eigenvalue weighted by Gasteiger charge is -2.04. The normalized spacial score (nSPS) is 11.1. The number of aryl methyl sites for hydroxylation is 1. The van der Waals surface area contributed by atoms with Crippen LogP contribution in [0.1, 0.15) is 28.8 Å². The maximum absolute atomic E-state index is 12.4. The van der Waals surface area contributed by atoms with Gasteiger partial charge in [0.15, 0.2) is 10.8 Å². The SMILES string of the molecule is CCOC(=O)c1ccc(CSc2nc3c(cnn3-c3ccc(C)cc3)c(=O)[nH]2)o1. The van der Waals surface area contributed by atoms with Crippen LogP contribution in [0, 0.1) is 6.92 Å². The molecule has 8 nitrogen and oxygen atoms in total. The first-order valence-electron chi connectivity index (χ1n) is 8.99. The van der Waals surface area contributed by atoms with Gasteiger partial charge in [-0.1, -0.05) is 29.5 Å². The third-order valence-electron chi connectivity index (χ3n) is 4.18. The molecule has 0 bridgehead atoms. The fourth-order valence-corrected chi connectivity index (χ4v) is 3.50. The van der Waals surface area contributed by atoms with Crippen molar-refractivity contribution in [2.45, 2.75) is 24.8 Å². The van der Waals surface area contributed by atoms with Crippen molar-refractivity contribution in [3.63, 3.8) is 0 Å². The van der Waals surface area contributed by atoms with Crippen LogP contribution >= 0.6 is 11.8 Å². The second-order valence-corrected chi connectivity index (χ2v) is 7.24. The number of ether oxygens (including phenoxy) is 1. The zero-order chi connectivity index (χ0) is 20.4. The number of aromatic nitrogens is 4. The first kappa shape index (κ1) is 19.0. The first-order chi connectivity index (χ1) is 14.0. The van der Waals surface area contributed by atoms with Gasteiger partial charge in [-0.25, -0.2) is 14.5 Å². The summed E-state index contributed by atoms with van der Waals surface area (Å²) in [5, 5.41) is 5.16. The zero-order valence-electron chi connectivity index (χ0n) is 15.8. The van der Waals surface area contributed by atoms with Crippen LogP contribution in [0.15, 0.2) is 57.0 Å². The Morgan fingerprint density at radius 1 is 1.24 bits per heavy atom. The highest BCUT2D eigenvalue weighted by molar-refractivity contribution is 7.98. The van der Waals surface area contributed by atoms with Gasteiger partial charge in [0, 0.05) is 0 Å². The maximum Gasteiger partial charge on any atom is 0.374 e. The van der Waals surface area contributed by atoms with E-state index in [-0.39, 0.29) is 17.9 Å². The van der Waals surface area contributed by atoms with E-state index in [1.54, 1.807) is 23.7 Å². The van der Waals surface area contributed by atoms with Crippen molar-refractivity contribution in [3.8, 4) is 5.69 Å². The number of nitrogens with zero attached hydrogens (tertiary/aromatic N) is 3. The molecule has 1 N–H and O–H groups in total. The molecule has 1 aromatic carbocycles. The largest absolute Gasteiger partial charge is 0.460 e. The van der Waals surface area contributed by atoms with E-state index >= 15 is 0 Å². The molecule has 0 saturated carbocycles. The highest BCUT2D eigenvalue weighted by Crippen LogP contribution is 2.22. The molecule has 0 radical (unpaired) electrons. The van der Waals surface area contributed by atoms with Gasteiger partial charge in [-0.3, -0.25) is 4.79 Å². The van der Waals surface area contributed by atoms with Gasteiger partial charge in [-0.2, -0.15) is 5.10 Å².